The molecule has 2 aromatic heterocycles. The molecule has 0 amide bonds. The van der Waals surface area contributed by atoms with Crippen molar-refractivity contribution < 1.29 is 4.42 Å². The molecule has 0 aromatic carbocycles. The molecule has 0 radical (unpaired) electrons. The molecule has 2 heterocycles. The van der Waals surface area contributed by atoms with E-state index in [4.69, 9.17) is 10.2 Å². The minimum Gasteiger partial charge on any atom is -0.469 e. The molecular formula is C10H9Br2NOS. The average Bonchev–Trinajstić information content (AvgIpc) is 2.71. The number of rotatable bonds is 2. The molecule has 1 unspecified atom stereocenters. The van der Waals surface area contributed by atoms with Gasteiger partial charge < -0.3 is 10.2 Å². The molecule has 0 fully saturated rings. The molecule has 1 atom stereocenters. The molecule has 0 saturated carbocycles. The van der Waals surface area contributed by atoms with E-state index in [-0.39, 0.29) is 6.04 Å². The van der Waals surface area contributed by atoms with Gasteiger partial charge >= 0.3 is 0 Å². The third kappa shape index (κ3) is 2.20. The Morgan fingerprint density at radius 1 is 1.40 bits per heavy atom. The SMILES string of the molecule is Cc1occc1C(N)c1cc(Br)sc1Br. The van der Waals surface area contributed by atoms with Gasteiger partial charge in [-0.2, -0.15) is 0 Å². The van der Waals surface area contributed by atoms with Crippen LogP contribution in [0.4, 0.5) is 0 Å². The van der Waals surface area contributed by atoms with Crippen LogP contribution in [0.2, 0.25) is 0 Å². The fraction of sp³-hybridized carbons (Fsp3) is 0.200. The first-order valence-corrected chi connectivity index (χ1v) is 6.74. The van der Waals surface area contributed by atoms with Crippen molar-refractivity contribution in [2.75, 3.05) is 0 Å². The van der Waals surface area contributed by atoms with Crippen LogP contribution in [0.15, 0.2) is 30.4 Å². The van der Waals surface area contributed by atoms with Crippen molar-refractivity contribution in [1.82, 2.24) is 0 Å². The molecule has 0 saturated heterocycles. The van der Waals surface area contributed by atoms with Gasteiger partial charge in [-0.15, -0.1) is 11.3 Å². The fourth-order valence-electron chi connectivity index (χ4n) is 1.45. The molecule has 2 N–H and O–H groups in total. The van der Waals surface area contributed by atoms with Crippen LogP contribution in [0.25, 0.3) is 0 Å². The second kappa shape index (κ2) is 4.41. The van der Waals surface area contributed by atoms with Crippen LogP contribution >= 0.6 is 43.2 Å². The van der Waals surface area contributed by atoms with Crippen LogP contribution in [0.1, 0.15) is 22.9 Å². The second-order valence-electron chi connectivity index (χ2n) is 3.19. The summed E-state index contributed by atoms with van der Waals surface area (Å²) in [7, 11) is 0. The highest BCUT2D eigenvalue weighted by molar-refractivity contribution is 9.12. The summed E-state index contributed by atoms with van der Waals surface area (Å²) < 4.78 is 7.38. The van der Waals surface area contributed by atoms with E-state index in [1.165, 1.54) is 0 Å². The van der Waals surface area contributed by atoms with Gasteiger partial charge in [0.05, 0.1) is 19.9 Å². The Hall–Kier alpha value is -0.100. The molecule has 0 aliphatic carbocycles. The monoisotopic (exact) mass is 349 g/mol. The van der Waals surface area contributed by atoms with E-state index >= 15 is 0 Å². The predicted octanol–water partition coefficient (Wildman–Crippen LogP) is 4.22. The first-order chi connectivity index (χ1) is 7.09. The maximum Gasteiger partial charge on any atom is 0.105 e. The smallest absolute Gasteiger partial charge is 0.105 e. The number of thiophene rings is 1. The third-order valence-electron chi connectivity index (χ3n) is 2.25. The van der Waals surface area contributed by atoms with E-state index in [1.807, 2.05) is 19.1 Å². The van der Waals surface area contributed by atoms with Crippen molar-refractivity contribution in [3.8, 4) is 0 Å². The van der Waals surface area contributed by atoms with Gasteiger partial charge in [-0.05, 0) is 56.5 Å². The predicted molar refractivity (Wildman–Crippen MR) is 69.2 cm³/mol. The maximum absolute atomic E-state index is 6.17. The summed E-state index contributed by atoms with van der Waals surface area (Å²) in [6.07, 6.45) is 1.67. The van der Waals surface area contributed by atoms with Gasteiger partial charge in [-0.1, -0.05) is 0 Å². The van der Waals surface area contributed by atoms with Crippen LogP contribution in [-0.2, 0) is 0 Å². The van der Waals surface area contributed by atoms with Crippen molar-refractivity contribution in [2.24, 2.45) is 5.73 Å². The molecule has 2 rings (SSSR count). The zero-order valence-corrected chi connectivity index (χ0v) is 11.9. The Labute approximate surface area is 109 Å². The summed E-state index contributed by atoms with van der Waals surface area (Å²) in [6, 6.07) is 3.81. The first kappa shape index (κ1) is 11.4. The lowest BCUT2D eigenvalue weighted by molar-refractivity contribution is 0.527. The lowest BCUT2D eigenvalue weighted by atomic mass is 10.0. The summed E-state index contributed by atoms with van der Waals surface area (Å²) in [5.41, 5.74) is 8.28. The van der Waals surface area contributed by atoms with Crippen molar-refractivity contribution in [1.29, 1.82) is 0 Å². The van der Waals surface area contributed by atoms with Crippen molar-refractivity contribution in [2.45, 2.75) is 13.0 Å². The van der Waals surface area contributed by atoms with Crippen LogP contribution in [0.3, 0.4) is 0 Å². The Morgan fingerprint density at radius 3 is 2.60 bits per heavy atom. The van der Waals surface area contributed by atoms with Crippen molar-refractivity contribution >= 4 is 43.2 Å². The summed E-state index contributed by atoms with van der Waals surface area (Å²) in [5.74, 6) is 0.872. The number of aryl methyl sites for hydroxylation is 1. The van der Waals surface area contributed by atoms with E-state index < -0.39 is 0 Å². The van der Waals surface area contributed by atoms with Crippen molar-refractivity contribution in [3.63, 3.8) is 0 Å². The Bertz CT molecular complexity index is 477. The number of hydrogen-bond donors (Lipinski definition) is 1. The lowest BCUT2D eigenvalue weighted by Crippen LogP contribution is -2.11. The van der Waals surface area contributed by atoms with E-state index in [0.717, 1.165) is 24.5 Å². The van der Waals surface area contributed by atoms with Crippen LogP contribution in [-0.4, -0.2) is 0 Å². The van der Waals surface area contributed by atoms with E-state index in [1.54, 1.807) is 17.6 Å². The summed E-state index contributed by atoms with van der Waals surface area (Å²) in [5, 5.41) is 0. The van der Waals surface area contributed by atoms with Gasteiger partial charge in [0.1, 0.15) is 5.76 Å². The lowest BCUT2D eigenvalue weighted by Gasteiger charge is -2.09. The Kier molecular flexibility index (Phi) is 3.35. The highest BCUT2D eigenvalue weighted by Crippen LogP contribution is 2.37. The molecule has 0 aliphatic heterocycles. The van der Waals surface area contributed by atoms with Gasteiger partial charge in [0.15, 0.2) is 0 Å². The summed E-state index contributed by atoms with van der Waals surface area (Å²) in [6.45, 7) is 1.92. The molecule has 2 aromatic rings. The molecule has 0 spiro atoms. The molecular weight excluding hydrogens is 342 g/mol. The zero-order chi connectivity index (χ0) is 11.0. The number of nitrogens with two attached hydrogens (primary N) is 1. The van der Waals surface area contributed by atoms with Gasteiger partial charge in [0.2, 0.25) is 0 Å². The number of furan rings is 1. The molecule has 0 aliphatic rings. The minimum atomic E-state index is -0.138. The zero-order valence-electron chi connectivity index (χ0n) is 7.96. The molecule has 80 valence electrons. The van der Waals surface area contributed by atoms with Crippen LogP contribution in [0, 0.1) is 6.92 Å². The Morgan fingerprint density at radius 2 is 2.13 bits per heavy atom. The quantitative estimate of drug-likeness (QED) is 0.880. The molecule has 5 heteroatoms. The third-order valence-corrected chi connectivity index (χ3v) is 4.64. The summed E-state index contributed by atoms with van der Waals surface area (Å²) in [4.78, 5) is 0. The van der Waals surface area contributed by atoms with E-state index in [9.17, 15) is 0 Å². The molecule has 15 heavy (non-hydrogen) atoms. The van der Waals surface area contributed by atoms with Crippen LogP contribution < -0.4 is 5.73 Å². The highest BCUT2D eigenvalue weighted by atomic mass is 79.9. The van der Waals surface area contributed by atoms with Crippen LogP contribution in [0.5, 0.6) is 0 Å². The van der Waals surface area contributed by atoms with Gasteiger partial charge in [0.25, 0.3) is 0 Å². The van der Waals surface area contributed by atoms with Gasteiger partial charge in [-0.25, -0.2) is 0 Å². The van der Waals surface area contributed by atoms with E-state index in [0.29, 0.717) is 0 Å². The topological polar surface area (TPSA) is 39.2 Å². The first-order valence-electron chi connectivity index (χ1n) is 4.34. The standard InChI is InChI=1S/C10H9Br2NOS/c1-5-6(2-3-14-5)9(13)7-4-8(11)15-10(7)12/h2-4,9H,13H2,1H3. The number of halogens is 2. The fourth-order valence-corrected chi connectivity index (χ4v) is 4.38. The average molecular weight is 351 g/mol. The largest absolute Gasteiger partial charge is 0.469 e. The number of hydrogen-bond acceptors (Lipinski definition) is 3. The highest BCUT2D eigenvalue weighted by Gasteiger charge is 2.18. The second-order valence-corrected chi connectivity index (χ2v) is 6.94. The van der Waals surface area contributed by atoms with Gasteiger partial charge in [0, 0.05) is 5.56 Å². The maximum atomic E-state index is 6.17. The minimum absolute atomic E-state index is 0.138. The summed E-state index contributed by atoms with van der Waals surface area (Å²) >= 11 is 8.57. The molecule has 0 bridgehead atoms. The Balaban J connectivity index is 2.40. The van der Waals surface area contributed by atoms with Crippen molar-refractivity contribution in [3.05, 3.63) is 42.9 Å². The molecule has 2 nitrogen and oxygen atoms in total. The normalized spacial score (nSPS) is 13.1. The van der Waals surface area contributed by atoms with E-state index in [2.05, 4.69) is 31.9 Å². The van der Waals surface area contributed by atoms with Gasteiger partial charge in [-0.3, -0.25) is 0 Å².